The summed E-state index contributed by atoms with van der Waals surface area (Å²) in [7, 11) is 0.867. The lowest BCUT2D eigenvalue weighted by atomic mass is 9.89. The fourth-order valence-corrected chi connectivity index (χ4v) is 1.93. The average molecular weight is 216 g/mol. The molecule has 0 amide bonds. The molecular formula is C12H28OSi. The van der Waals surface area contributed by atoms with Gasteiger partial charge in [-0.15, -0.1) is 0 Å². The van der Waals surface area contributed by atoms with Crippen molar-refractivity contribution in [2.45, 2.75) is 65.9 Å². The molecule has 0 fully saturated rings. The van der Waals surface area contributed by atoms with Gasteiger partial charge in [-0.1, -0.05) is 27.7 Å². The molecule has 0 spiro atoms. The van der Waals surface area contributed by atoms with Crippen LogP contribution in [0.1, 0.15) is 60.3 Å². The minimum absolute atomic E-state index is 0.167. The van der Waals surface area contributed by atoms with Gasteiger partial charge in [0.05, 0.1) is 5.60 Å². The lowest BCUT2D eigenvalue weighted by Crippen LogP contribution is -2.28. The molecule has 0 heterocycles. The second-order valence-corrected chi connectivity index (χ2v) is 5.93. The van der Waals surface area contributed by atoms with Gasteiger partial charge in [-0.2, -0.15) is 0 Å². The Morgan fingerprint density at radius 2 is 1.36 bits per heavy atom. The maximum Gasteiger partial charge on any atom is 0.146 e. The Morgan fingerprint density at radius 3 is 1.57 bits per heavy atom. The van der Waals surface area contributed by atoms with Crippen LogP contribution in [0, 0.1) is 11.8 Å². The van der Waals surface area contributed by atoms with Gasteiger partial charge >= 0.3 is 0 Å². The Hall–Kier alpha value is 0.177. The van der Waals surface area contributed by atoms with Gasteiger partial charge in [0.25, 0.3) is 0 Å². The van der Waals surface area contributed by atoms with Crippen LogP contribution in [0.5, 0.6) is 0 Å². The van der Waals surface area contributed by atoms with E-state index in [2.05, 4.69) is 34.6 Å². The van der Waals surface area contributed by atoms with E-state index in [-0.39, 0.29) is 5.60 Å². The maximum atomic E-state index is 5.78. The lowest BCUT2D eigenvalue weighted by molar-refractivity contribution is 0.0684. The highest BCUT2D eigenvalue weighted by molar-refractivity contribution is 5.98. The second-order valence-electron chi connectivity index (χ2n) is 5.52. The molecule has 0 aliphatic carbocycles. The molecular weight excluding hydrogens is 188 g/mol. The Balaban J connectivity index is 3.91. The van der Waals surface area contributed by atoms with E-state index in [4.69, 9.17) is 4.43 Å². The molecule has 14 heavy (non-hydrogen) atoms. The van der Waals surface area contributed by atoms with Crippen LogP contribution in [0.25, 0.3) is 0 Å². The molecule has 2 heteroatoms. The van der Waals surface area contributed by atoms with Crippen molar-refractivity contribution in [1.29, 1.82) is 0 Å². The molecule has 0 aromatic carbocycles. The van der Waals surface area contributed by atoms with Gasteiger partial charge in [0, 0.05) is 0 Å². The summed E-state index contributed by atoms with van der Waals surface area (Å²) < 4.78 is 5.78. The highest BCUT2D eigenvalue weighted by Gasteiger charge is 2.22. The monoisotopic (exact) mass is 216 g/mol. The van der Waals surface area contributed by atoms with Crippen molar-refractivity contribution < 1.29 is 4.43 Å². The molecule has 0 saturated carbocycles. The summed E-state index contributed by atoms with van der Waals surface area (Å²) >= 11 is 0. The summed E-state index contributed by atoms with van der Waals surface area (Å²) in [5.74, 6) is 1.59. The van der Waals surface area contributed by atoms with Gasteiger partial charge < -0.3 is 4.43 Å². The molecule has 0 aliphatic heterocycles. The third kappa shape index (κ3) is 6.60. The predicted molar refractivity (Wildman–Crippen MR) is 67.6 cm³/mol. The van der Waals surface area contributed by atoms with Crippen molar-refractivity contribution in [1.82, 2.24) is 0 Å². The van der Waals surface area contributed by atoms with Crippen molar-refractivity contribution in [3.63, 3.8) is 0 Å². The van der Waals surface area contributed by atoms with Crippen molar-refractivity contribution in [3.05, 3.63) is 0 Å². The standard InChI is InChI=1S/C12H28OSi/c1-10(2)6-8-12(5,13-14)9-7-11(3)4/h10-11H,6-9H2,1-5,14H3. The molecule has 0 aromatic heterocycles. The van der Waals surface area contributed by atoms with Crippen molar-refractivity contribution in [3.8, 4) is 0 Å². The first-order valence-electron chi connectivity index (χ1n) is 5.95. The molecule has 1 nitrogen and oxygen atoms in total. The molecule has 0 bridgehead atoms. The van der Waals surface area contributed by atoms with E-state index in [1.165, 1.54) is 25.7 Å². The third-order valence-corrected chi connectivity index (χ3v) is 3.98. The number of rotatable bonds is 7. The average Bonchev–Trinajstić information content (AvgIpc) is 2.11. The smallest absolute Gasteiger partial charge is 0.146 e. The van der Waals surface area contributed by atoms with Crippen LogP contribution in [0.4, 0.5) is 0 Å². The van der Waals surface area contributed by atoms with E-state index in [0.717, 1.165) is 22.3 Å². The molecule has 0 aromatic rings. The minimum atomic E-state index is 0.167. The van der Waals surface area contributed by atoms with Crippen LogP contribution < -0.4 is 0 Å². The molecule has 0 saturated heterocycles. The number of hydrogen-bond acceptors (Lipinski definition) is 1. The summed E-state index contributed by atoms with van der Waals surface area (Å²) in [4.78, 5) is 0. The van der Waals surface area contributed by atoms with E-state index in [1.807, 2.05) is 0 Å². The Bertz CT molecular complexity index is 131. The summed E-state index contributed by atoms with van der Waals surface area (Å²) in [5, 5.41) is 0. The fourth-order valence-electron chi connectivity index (χ4n) is 1.52. The quantitative estimate of drug-likeness (QED) is 0.595. The topological polar surface area (TPSA) is 9.23 Å². The van der Waals surface area contributed by atoms with Gasteiger partial charge in [-0.05, 0) is 44.4 Å². The van der Waals surface area contributed by atoms with Gasteiger partial charge in [0.15, 0.2) is 0 Å². The lowest BCUT2D eigenvalue weighted by Gasteiger charge is -2.30. The zero-order chi connectivity index (χ0) is 11.2. The van der Waals surface area contributed by atoms with Crippen LogP contribution >= 0.6 is 0 Å². The first kappa shape index (κ1) is 14.2. The molecule has 0 aliphatic rings. The zero-order valence-corrected chi connectivity index (χ0v) is 12.9. The molecule has 0 radical (unpaired) electrons. The third-order valence-electron chi connectivity index (χ3n) is 2.99. The SMILES string of the molecule is CC(C)CCC(C)(CCC(C)C)O[SiH3]. The molecule has 0 unspecified atom stereocenters. The van der Waals surface area contributed by atoms with Crippen molar-refractivity contribution in [2.24, 2.45) is 11.8 Å². The van der Waals surface area contributed by atoms with Gasteiger partial charge in [-0.3, -0.25) is 0 Å². The van der Waals surface area contributed by atoms with E-state index in [0.29, 0.717) is 0 Å². The normalized spacial score (nSPS) is 13.1. The van der Waals surface area contributed by atoms with Crippen LogP contribution in [-0.2, 0) is 4.43 Å². The van der Waals surface area contributed by atoms with E-state index < -0.39 is 0 Å². The second kappa shape index (κ2) is 6.62. The molecule has 0 rings (SSSR count). The van der Waals surface area contributed by atoms with Crippen molar-refractivity contribution in [2.75, 3.05) is 0 Å². The maximum absolute atomic E-state index is 5.78. The van der Waals surface area contributed by atoms with Crippen LogP contribution in [-0.4, -0.2) is 16.1 Å². The van der Waals surface area contributed by atoms with E-state index in [9.17, 15) is 0 Å². The summed E-state index contributed by atoms with van der Waals surface area (Å²) in [6.45, 7) is 11.4. The largest absolute Gasteiger partial charge is 0.423 e. The van der Waals surface area contributed by atoms with Crippen LogP contribution in [0.3, 0.4) is 0 Å². The summed E-state index contributed by atoms with van der Waals surface area (Å²) in [6.07, 6.45) is 5.02. The zero-order valence-electron chi connectivity index (χ0n) is 10.9. The minimum Gasteiger partial charge on any atom is -0.423 e. The number of hydrogen-bond donors (Lipinski definition) is 0. The summed E-state index contributed by atoms with van der Waals surface area (Å²) in [5.41, 5.74) is 0.167. The van der Waals surface area contributed by atoms with Gasteiger partial charge in [-0.25, -0.2) is 0 Å². The molecule has 0 atom stereocenters. The molecule has 0 N–H and O–H groups in total. The first-order chi connectivity index (χ1) is 6.39. The predicted octanol–water partition coefficient (Wildman–Crippen LogP) is 2.91. The van der Waals surface area contributed by atoms with E-state index in [1.54, 1.807) is 0 Å². The summed E-state index contributed by atoms with van der Waals surface area (Å²) in [6, 6.07) is 0. The molecule has 86 valence electrons. The first-order valence-corrected chi connectivity index (χ1v) is 6.76. The fraction of sp³-hybridized carbons (Fsp3) is 1.00. The van der Waals surface area contributed by atoms with Crippen LogP contribution in [0.2, 0.25) is 0 Å². The van der Waals surface area contributed by atoms with Gasteiger partial charge in [0.1, 0.15) is 10.5 Å². The Kier molecular flexibility index (Phi) is 6.71. The highest BCUT2D eigenvalue weighted by Crippen LogP contribution is 2.26. The highest BCUT2D eigenvalue weighted by atomic mass is 28.2. The Morgan fingerprint density at radius 1 is 1.00 bits per heavy atom. The van der Waals surface area contributed by atoms with Crippen LogP contribution in [0.15, 0.2) is 0 Å². The van der Waals surface area contributed by atoms with Crippen molar-refractivity contribution >= 4 is 10.5 Å². The Labute approximate surface area is 93.2 Å². The van der Waals surface area contributed by atoms with E-state index >= 15 is 0 Å². The van der Waals surface area contributed by atoms with Gasteiger partial charge in [0.2, 0.25) is 0 Å².